The highest BCUT2D eigenvalue weighted by atomic mass is 14.2. The first kappa shape index (κ1) is 14.0. The third kappa shape index (κ3) is 7.41. The van der Waals surface area contributed by atoms with E-state index in [2.05, 4.69) is 41.5 Å². The molecule has 0 radical (unpaired) electrons. The van der Waals surface area contributed by atoms with Gasteiger partial charge in [-0.25, -0.2) is 0 Å². The van der Waals surface area contributed by atoms with Crippen molar-refractivity contribution in [2.24, 2.45) is 23.7 Å². The fourth-order valence-electron chi connectivity index (χ4n) is 2.12. The second-order valence-corrected chi connectivity index (χ2v) is 5.96. The zero-order valence-corrected chi connectivity index (χ0v) is 11.1. The summed E-state index contributed by atoms with van der Waals surface area (Å²) in [7, 11) is 0. The number of rotatable bonds is 7. The zero-order valence-electron chi connectivity index (χ0n) is 11.1. The minimum absolute atomic E-state index is 0.862. The summed E-state index contributed by atoms with van der Waals surface area (Å²) in [6.45, 7) is 14.1. The molecule has 0 saturated heterocycles. The monoisotopic (exact) mass is 198 g/mol. The number of hydrogen-bond donors (Lipinski definition) is 0. The van der Waals surface area contributed by atoms with Gasteiger partial charge < -0.3 is 0 Å². The normalized spacial score (nSPS) is 14.4. The molecule has 0 aromatic carbocycles. The summed E-state index contributed by atoms with van der Waals surface area (Å²) in [5, 5.41) is 0. The smallest absolute Gasteiger partial charge is 0.0389 e. The van der Waals surface area contributed by atoms with Crippen LogP contribution >= 0.6 is 0 Å². The molecule has 1 atom stereocenters. The fourth-order valence-corrected chi connectivity index (χ4v) is 2.12. The van der Waals surface area contributed by atoms with Gasteiger partial charge in [0.15, 0.2) is 0 Å². The van der Waals surface area contributed by atoms with Gasteiger partial charge in [-0.15, -0.1) is 0 Å². The van der Waals surface area contributed by atoms with Crippen LogP contribution in [0.5, 0.6) is 0 Å². The van der Waals surface area contributed by atoms with E-state index in [4.69, 9.17) is 0 Å². The second-order valence-electron chi connectivity index (χ2n) is 5.96. The van der Waals surface area contributed by atoms with Crippen LogP contribution in [-0.4, -0.2) is 0 Å². The summed E-state index contributed by atoms with van der Waals surface area (Å²) < 4.78 is 0. The van der Waals surface area contributed by atoms with Crippen molar-refractivity contribution in [3.05, 3.63) is 0 Å². The van der Waals surface area contributed by atoms with E-state index < -0.39 is 0 Å². The summed E-state index contributed by atoms with van der Waals surface area (Å²) in [6, 6.07) is 0. The van der Waals surface area contributed by atoms with E-state index in [9.17, 15) is 0 Å². The molecule has 0 aliphatic carbocycles. The van der Waals surface area contributed by atoms with Crippen molar-refractivity contribution >= 4 is 0 Å². The zero-order chi connectivity index (χ0) is 11.1. The van der Waals surface area contributed by atoms with Crippen LogP contribution in [0.15, 0.2) is 0 Å². The Labute approximate surface area is 91.5 Å². The van der Waals surface area contributed by atoms with Gasteiger partial charge in [0.05, 0.1) is 0 Å². The van der Waals surface area contributed by atoms with Gasteiger partial charge in [-0.1, -0.05) is 60.8 Å². The van der Waals surface area contributed by atoms with Crippen LogP contribution in [0.25, 0.3) is 0 Å². The molecule has 0 saturated carbocycles. The van der Waals surface area contributed by atoms with Crippen molar-refractivity contribution in [1.82, 2.24) is 0 Å². The Balaban J connectivity index is 3.74. The highest BCUT2D eigenvalue weighted by molar-refractivity contribution is 4.65. The molecule has 0 heteroatoms. The molecular weight excluding hydrogens is 168 g/mol. The Bertz CT molecular complexity index is 122. The molecule has 0 spiro atoms. The standard InChI is InChI=1S/C14H30/c1-11(2)8-7-9-14(13(5)6)10-12(3)4/h11-14H,7-10H2,1-6H3. The maximum atomic E-state index is 2.38. The highest BCUT2D eigenvalue weighted by Crippen LogP contribution is 2.26. The van der Waals surface area contributed by atoms with Crippen LogP contribution in [0.2, 0.25) is 0 Å². The second kappa shape index (κ2) is 7.31. The molecule has 0 nitrogen and oxygen atoms in total. The van der Waals surface area contributed by atoms with Gasteiger partial charge in [-0.05, 0) is 30.1 Å². The summed E-state index contributed by atoms with van der Waals surface area (Å²) in [5.74, 6) is 3.56. The number of hydrogen-bond acceptors (Lipinski definition) is 0. The van der Waals surface area contributed by atoms with Crippen molar-refractivity contribution in [3.8, 4) is 0 Å². The lowest BCUT2D eigenvalue weighted by Gasteiger charge is -2.23. The Morgan fingerprint density at radius 3 is 1.64 bits per heavy atom. The molecular formula is C14H30. The third-order valence-electron chi connectivity index (χ3n) is 3.07. The predicted octanol–water partition coefficient (Wildman–Crippen LogP) is 5.13. The first-order chi connectivity index (χ1) is 6.43. The van der Waals surface area contributed by atoms with Crippen LogP contribution in [-0.2, 0) is 0 Å². The summed E-state index contributed by atoms with van der Waals surface area (Å²) in [5.41, 5.74) is 0. The van der Waals surface area contributed by atoms with Crippen LogP contribution in [0.1, 0.15) is 67.2 Å². The van der Waals surface area contributed by atoms with E-state index >= 15 is 0 Å². The van der Waals surface area contributed by atoms with E-state index in [1.807, 2.05) is 0 Å². The van der Waals surface area contributed by atoms with Crippen molar-refractivity contribution in [2.75, 3.05) is 0 Å². The van der Waals surface area contributed by atoms with Crippen molar-refractivity contribution in [2.45, 2.75) is 67.2 Å². The van der Waals surface area contributed by atoms with Crippen LogP contribution in [0, 0.1) is 23.7 Å². The molecule has 0 aromatic heterocycles. The van der Waals surface area contributed by atoms with Gasteiger partial charge >= 0.3 is 0 Å². The van der Waals surface area contributed by atoms with E-state index in [1.54, 1.807) is 0 Å². The minimum atomic E-state index is 0.862. The van der Waals surface area contributed by atoms with Crippen LogP contribution < -0.4 is 0 Å². The Kier molecular flexibility index (Phi) is 7.31. The van der Waals surface area contributed by atoms with Gasteiger partial charge in [-0.3, -0.25) is 0 Å². The topological polar surface area (TPSA) is 0 Å². The van der Waals surface area contributed by atoms with E-state index in [-0.39, 0.29) is 0 Å². The van der Waals surface area contributed by atoms with Gasteiger partial charge in [0, 0.05) is 0 Å². The van der Waals surface area contributed by atoms with Gasteiger partial charge in [0.25, 0.3) is 0 Å². The van der Waals surface area contributed by atoms with Crippen LogP contribution in [0.4, 0.5) is 0 Å². The van der Waals surface area contributed by atoms with Crippen molar-refractivity contribution in [1.29, 1.82) is 0 Å². The van der Waals surface area contributed by atoms with Crippen LogP contribution in [0.3, 0.4) is 0 Å². The molecule has 0 amide bonds. The molecule has 86 valence electrons. The molecule has 0 aromatic rings. The Hall–Kier alpha value is 0. The largest absolute Gasteiger partial charge is 0.0628 e. The van der Waals surface area contributed by atoms with Gasteiger partial charge in [0.1, 0.15) is 0 Å². The van der Waals surface area contributed by atoms with E-state index in [0.29, 0.717) is 0 Å². The van der Waals surface area contributed by atoms with Crippen molar-refractivity contribution in [3.63, 3.8) is 0 Å². The Morgan fingerprint density at radius 1 is 0.714 bits per heavy atom. The lowest BCUT2D eigenvalue weighted by atomic mass is 9.83. The summed E-state index contributed by atoms with van der Waals surface area (Å²) >= 11 is 0. The maximum Gasteiger partial charge on any atom is -0.0389 e. The SMILES string of the molecule is CC(C)CCCC(CC(C)C)C(C)C. The predicted molar refractivity (Wildman–Crippen MR) is 66.5 cm³/mol. The average molecular weight is 198 g/mol. The molecule has 0 bridgehead atoms. The fraction of sp³-hybridized carbons (Fsp3) is 1.00. The third-order valence-corrected chi connectivity index (χ3v) is 3.07. The quantitative estimate of drug-likeness (QED) is 0.532. The van der Waals surface area contributed by atoms with Gasteiger partial charge in [-0.2, -0.15) is 0 Å². The highest BCUT2D eigenvalue weighted by Gasteiger charge is 2.14. The molecule has 0 rings (SSSR count). The summed E-state index contributed by atoms with van der Waals surface area (Å²) in [4.78, 5) is 0. The average Bonchev–Trinajstić information content (AvgIpc) is 2.00. The molecule has 0 aliphatic rings. The first-order valence-corrected chi connectivity index (χ1v) is 6.43. The molecule has 0 N–H and O–H groups in total. The summed E-state index contributed by atoms with van der Waals surface area (Å²) in [6.07, 6.45) is 5.68. The van der Waals surface area contributed by atoms with Crippen molar-refractivity contribution < 1.29 is 0 Å². The molecule has 0 fully saturated rings. The lowest BCUT2D eigenvalue weighted by Crippen LogP contribution is -2.12. The molecule has 0 aliphatic heterocycles. The van der Waals surface area contributed by atoms with E-state index in [1.165, 1.54) is 25.7 Å². The lowest BCUT2D eigenvalue weighted by molar-refractivity contribution is 0.285. The molecule has 14 heavy (non-hydrogen) atoms. The Morgan fingerprint density at radius 2 is 1.29 bits per heavy atom. The van der Waals surface area contributed by atoms with E-state index in [0.717, 1.165) is 23.7 Å². The molecule has 1 unspecified atom stereocenters. The van der Waals surface area contributed by atoms with Gasteiger partial charge in [0.2, 0.25) is 0 Å². The first-order valence-electron chi connectivity index (χ1n) is 6.43. The molecule has 0 heterocycles. The maximum absolute atomic E-state index is 2.38. The minimum Gasteiger partial charge on any atom is -0.0628 e.